The highest BCUT2D eigenvalue weighted by atomic mass is 16.6. The van der Waals surface area contributed by atoms with E-state index in [4.69, 9.17) is 9.84 Å². The van der Waals surface area contributed by atoms with Crippen molar-refractivity contribution in [2.24, 2.45) is 11.8 Å². The fourth-order valence-electron chi connectivity index (χ4n) is 2.76. The zero-order valence-electron chi connectivity index (χ0n) is 13.0. The second-order valence-electron chi connectivity index (χ2n) is 6.62. The topological polar surface area (TPSA) is 66.8 Å². The molecule has 1 rings (SSSR count). The maximum atomic E-state index is 12.1. The smallest absolute Gasteiger partial charge is 0.410 e. The SMILES string of the molecule is CCCC1CN(C(=O)OC(C)(C)C)CCC1CC(=O)O. The summed E-state index contributed by atoms with van der Waals surface area (Å²) >= 11 is 0. The van der Waals surface area contributed by atoms with E-state index in [1.807, 2.05) is 20.8 Å². The summed E-state index contributed by atoms with van der Waals surface area (Å²) in [6.45, 7) is 8.85. The number of carbonyl (C=O) groups excluding carboxylic acids is 1. The first-order chi connectivity index (χ1) is 9.23. The van der Waals surface area contributed by atoms with Gasteiger partial charge in [0.1, 0.15) is 5.60 Å². The van der Waals surface area contributed by atoms with Crippen molar-refractivity contribution in [1.29, 1.82) is 0 Å². The van der Waals surface area contributed by atoms with Gasteiger partial charge in [-0.2, -0.15) is 0 Å². The van der Waals surface area contributed by atoms with Crippen molar-refractivity contribution in [3.8, 4) is 0 Å². The molecule has 1 saturated heterocycles. The average Bonchev–Trinajstić information content (AvgIpc) is 2.28. The van der Waals surface area contributed by atoms with E-state index >= 15 is 0 Å². The summed E-state index contributed by atoms with van der Waals surface area (Å²) in [5.41, 5.74) is -0.491. The fourth-order valence-corrected chi connectivity index (χ4v) is 2.76. The van der Waals surface area contributed by atoms with E-state index in [2.05, 4.69) is 6.92 Å². The summed E-state index contributed by atoms with van der Waals surface area (Å²) in [5, 5.41) is 8.97. The lowest BCUT2D eigenvalue weighted by atomic mass is 9.81. The third-order valence-corrected chi connectivity index (χ3v) is 3.64. The molecule has 2 unspecified atom stereocenters. The molecular formula is C15H27NO4. The Morgan fingerprint density at radius 2 is 1.95 bits per heavy atom. The van der Waals surface area contributed by atoms with Crippen LogP contribution < -0.4 is 0 Å². The Morgan fingerprint density at radius 3 is 2.45 bits per heavy atom. The first-order valence-electron chi connectivity index (χ1n) is 7.42. The van der Waals surface area contributed by atoms with Crippen LogP contribution in [0.25, 0.3) is 0 Å². The Labute approximate surface area is 121 Å². The van der Waals surface area contributed by atoms with Crippen LogP contribution in [0.5, 0.6) is 0 Å². The largest absolute Gasteiger partial charge is 0.481 e. The van der Waals surface area contributed by atoms with E-state index in [-0.39, 0.29) is 24.3 Å². The monoisotopic (exact) mass is 285 g/mol. The minimum absolute atomic E-state index is 0.172. The lowest BCUT2D eigenvalue weighted by Crippen LogP contribution is -2.46. The second kappa shape index (κ2) is 6.95. The van der Waals surface area contributed by atoms with Crippen LogP contribution in [0.2, 0.25) is 0 Å². The molecule has 5 heteroatoms. The van der Waals surface area contributed by atoms with Gasteiger partial charge in [-0.3, -0.25) is 4.79 Å². The minimum atomic E-state index is -0.748. The van der Waals surface area contributed by atoms with Crippen molar-refractivity contribution < 1.29 is 19.4 Å². The highest BCUT2D eigenvalue weighted by Gasteiger charge is 2.33. The van der Waals surface area contributed by atoms with Crippen LogP contribution in [0.3, 0.4) is 0 Å². The molecule has 0 saturated carbocycles. The molecule has 0 bridgehead atoms. The number of amides is 1. The van der Waals surface area contributed by atoms with Crippen LogP contribution in [0.15, 0.2) is 0 Å². The summed E-state index contributed by atoms with van der Waals surface area (Å²) in [7, 11) is 0. The van der Waals surface area contributed by atoms with Gasteiger partial charge in [0, 0.05) is 19.5 Å². The van der Waals surface area contributed by atoms with Crippen LogP contribution in [-0.2, 0) is 9.53 Å². The summed E-state index contributed by atoms with van der Waals surface area (Å²) < 4.78 is 5.39. The fraction of sp³-hybridized carbons (Fsp3) is 0.867. The maximum absolute atomic E-state index is 12.1. The van der Waals surface area contributed by atoms with Gasteiger partial charge >= 0.3 is 12.1 Å². The Morgan fingerprint density at radius 1 is 1.30 bits per heavy atom. The van der Waals surface area contributed by atoms with Crippen molar-refractivity contribution in [1.82, 2.24) is 4.90 Å². The first-order valence-corrected chi connectivity index (χ1v) is 7.42. The molecular weight excluding hydrogens is 258 g/mol. The van der Waals surface area contributed by atoms with Crippen LogP contribution >= 0.6 is 0 Å². The molecule has 1 amide bonds. The lowest BCUT2D eigenvalue weighted by molar-refractivity contribution is -0.139. The number of aliphatic carboxylic acids is 1. The number of piperidine rings is 1. The average molecular weight is 285 g/mol. The number of carboxylic acids is 1. The molecule has 2 atom stereocenters. The van der Waals surface area contributed by atoms with Crippen molar-refractivity contribution >= 4 is 12.1 Å². The Balaban J connectivity index is 2.63. The normalized spacial score (nSPS) is 23.5. The number of carbonyl (C=O) groups is 2. The molecule has 1 fully saturated rings. The molecule has 1 N–H and O–H groups in total. The molecule has 0 aromatic heterocycles. The Kier molecular flexibility index (Phi) is 5.84. The molecule has 0 aromatic rings. The van der Waals surface area contributed by atoms with Gasteiger partial charge in [-0.15, -0.1) is 0 Å². The predicted molar refractivity (Wildman–Crippen MR) is 76.6 cm³/mol. The summed E-state index contributed by atoms with van der Waals surface area (Å²) in [6, 6.07) is 0. The molecule has 1 aliphatic rings. The van der Waals surface area contributed by atoms with Gasteiger partial charge in [0.15, 0.2) is 0 Å². The molecule has 116 valence electrons. The van der Waals surface area contributed by atoms with Gasteiger partial charge in [-0.05, 0) is 45.4 Å². The third kappa shape index (κ3) is 5.39. The van der Waals surface area contributed by atoms with Gasteiger partial charge in [0.2, 0.25) is 0 Å². The number of hydrogen-bond donors (Lipinski definition) is 1. The van der Waals surface area contributed by atoms with E-state index in [1.54, 1.807) is 4.90 Å². The van der Waals surface area contributed by atoms with E-state index in [9.17, 15) is 9.59 Å². The van der Waals surface area contributed by atoms with Gasteiger partial charge in [0.05, 0.1) is 0 Å². The van der Waals surface area contributed by atoms with Gasteiger partial charge < -0.3 is 14.7 Å². The van der Waals surface area contributed by atoms with Crippen molar-refractivity contribution in [3.63, 3.8) is 0 Å². The highest BCUT2D eigenvalue weighted by Crippen LogP contribution is 2.30. The molecule has 1 aliphatic heterocycles. The third-order valence-electron chi connectivity index (χ3n) is 3.64. The van der Waals surface area contributed by atoms with Gasteiger partial charge in [0.25, 0.3) is 0 Å². The molecule has 0 spiro atoms. The molecule has 0 aliphatic carbocycles. The summed E-state index contributed by atoms with van der Waals surface area (Å²) in [5.74, 6) is -0.315. The molecule has 20 heavy (non-hydrogen) atoms. The van der Waals surface area contributed by atoms with E-state index in [0.29, 0.717) is 13.1 Å². The van der Waals surface area contributed by atoms with Gasteiger partial charge in [-0.1, -0.05) is 13.3 Å². The number of likely N-dealkylation sites (tertiary alicyclic amines) is 1. The molecule has 1 heterocycles. The van der Waals surface area contributed by atoms with Gasteiger partial charge in [-0.25, -0.2) is 4.79 Å². The lowest BCUT2D eigenvalue weighted by Gasteiger charge is -2.38. The van der Waals surface area contributed by atoms with E-state index in [1.165, 1.54) is 0 Å². The number of nitrogens with zero attached hydrogens (tertiary/aromatic N) is 1. The van der Waals surface area contributed by atoms with E-state index < -0.39 is 11.6 Å². The van der Waals surface area contributed by atoms with Crippen LogP contribution in [0, 0.1) is 11.8 Å². The van der Waals surface area contributed by atoms with Crippen LogP contribution in [0.1, 0.15) is 53.4 Å². The highest BCUT2D eigenvalue weighted by molar-refractivity contribution is 5.69. The first kappa shape index (κ1) is 16.8. The number of ether oxygens (including phenoxy) is 1. The summed E-state index contributed by atoms with van der Waals surface area (Å²) in [4.78, 5) is 24.7. The number of rotatable bonds is 4. The zero-order chi connectivity index (χ0) is 15.3. The van der Waals surface area contributed by atoms with Crippen molar-refractivity contribution in [3.05, 3.63) is 0 Å². The Hall–Kier alpha value is -1.26. The van der Waals surface area contributed by atoms with Crippen LogP contribution in [0.4, 0.5) is 4.79 Å². The quantitative estimate of drug-likeness (QED) is 0.861. The minimum Gasteiger partial charge on any atom is -0.481 e. The number of carboxylic acid groups (broad SMARTS) is 1. The van der Waals surface area contributed by atoms with Crippen molar-refractivity contribution in [2.75, 3.05) is 13.1 Å². The zero-order valence-corrected chi connectivity index (χ0v) is 13.0. The molecule has 0 radical (unpaired) electrons. The Bertz CT molecular complexity index is 348. The predicted octanol–water partition coefficient (Wildman–Crippen LogP) is 3.13. The second-order valence-corrected chi connectivity index (χ2v) is 6.62. The van der Waals surface area contributed by atoms with Crippen molar-refractivity contribution in [2.45, 2.75) is 59.0 Å². The standard InChI is InChI=1S/C15H27NO4/c1-5-6-12-10-16(14(19)20-15(2,3)4)8-7-11(12)9-13(17)18/h11-12H,5-10H2,1-4H3,(H,17,18). The number of hydrogen-bond acceptors (Lipinski definition) is 3. The maximum Gasteiger partial charge on any atom is 0.410 e. The van der Waals surface area contributed by atoms with Crippen LogP contribution in [-0.4, -0.2) is 40.8 Å². The molecule has 0 aromatic carbocycles. The summed E-state index contributed by atoms with van der Waals surface area (Å²) in [6.07, 6.45) is 2.62. The van der Waals surface area contributed by atoms with E-state index in [0.717, 1.165) is 19.3 Å². The molecule has 5 nitrogen and oxygen atoms in total.